The molecule has 0 fully saturated rings. The molecule has 8 aromatic rings. The Balaban J connectivity index is 0.000000272. The Hall–Kier alpha value is -4.09. The maximum absolute atomic E-state index is 4.93. The number of pyridine rings is 2. The number of hydrogen-bond donors (Lipinski definition) is 0. The monoisotopic (exact) mass is 939 g/mol. The van der Waals surface area contributed by atoms with E-state index in [1.165, 1.54) is 5.19 Å². The van der Waals surface area contributed by atoms with Gasteiger partial charge in [-0.05, 0) is 53.1 Å². The van der Waals surface area contributed by atoms with E-state index in [1.54, 1.807) is 6.20 Å². The first-order valence-corrected chi connectivity index (χ1v) is 19.8. The van der Waals surface area contributed by atoms with Crippen LogP contribution < -0.4 is 5.19 Å². The molecule has 4 nitrogen and oxygen atoms in total. The van der Waals surface area contributed by atoms with Gasteiger partial charge in [-0.3, -0.25) is 28.2 Å². The van der Waals surface area contributed by atoms with Gasteiger partial charge in [-0.2, -0.15) is 5.56 Å². The van der Waals surface area contributed by atoms with Crippen LogP contribution in [0, 0.1) is 24.3 Å². The summed E-state index contributed by atoms with van der Waals surface area (Å²) in [6.07, 6.45) is 3.82. The molecule has 5 radical (unpaired) electrons. The molecular weight excluding hydrogens is 905 g/mol. The van der Waals surface area contributed by atoms with Crippen LogP contribution in [0.2, 0.25) is 19.6 Å². The van der Waals surface area contributed by atoms with Crippen LogP contribution in [0.4, 0.5) is 0 Å². The molecule has 253 valence electrons. The summed E-state index contributed by atoms with van der Waals surface area (Å²) in [5.74, 6) is 0.814. The number of fused-ring (bicyclic) bond motifs is 1. The zero-order valence-electron chi connectivity index (χ0n) is 29.2. The molecule has 3 aromatic heterocycles. The van der Waals surface area contributed by atoms with Crippen LogP contribution in [0.15, 0.2) is 152 Å². The Morgan fingerprint density at radius 3 is 2.06 bits per heavy atom. The molecule has 0 saturated carbocycles. The molecule has 0 saturated heterocycles. The summed E-state index contributed by atoms with van der Waals surface area (Å²) in [6.45, 7) is 7.00. The van der Waals surface area contributed by atoms with Crippen molar-refractivity contribution in [3.8, 4) is 50.7 Å². The summed E-state index contributed by atoms with van der Waals surface area (Å²) < 4.78 is 2.16. The van der Waals surface area contributed by atoms with Gasteiger partial charge in [-0.15, -0.1) is 60.2 Å². The van der Waals surface area contributed by atoms with Crippen molar-refractivity contribution < 1.29 is 52.8 Å². The molecule has 0 bridgehead atoms. The zero-order valence-corrected chi connectivity index (χ0v) is 35.4. The van der Waals surface area contributed by atoms with Crippen molar-refractivity contribution >= 4 is 32.7 Å². The van der Waals surface area contributed by atoms with Gasteiger partial charge in [0.25, 0.3) is 0 Å². The smallest absolute Gasteiger partial charge is 0.0795 e. The number of rotatable bonds is 6. The Bertz CT molecular complexity index is 2290. The SMILES string of the molecule is C[Si](C)(C)c1ccc(-c2[c-]cccc2)nc1.[B].[Ir].[Y].[c-]1ccc(-c2[c-]cc(-c3ccccn3)cc2)[c-]c1-c1nc2ccccc2n1-c1ccccc1. The van der Waals surface area contributed by atoms with E-state index in [-0.39, 0.29) is 61.2 Å². The van der Waals surface area contributed by atoms with Crippen molar-refractivity contribution in [1.82, 2.24) is 19.5 Å². The Labute approximate surface area is 348 Å². The first-order valence-electron chi connectivity index (χ1n) is 16.3. The van der Waals surface area contributed by atoms with Gasteiger partial charge in [0.1, 0.15) is 0 Å². The summed E-state index contributed by atoms with van der Waals surface area (Å²) in [4.78, 5) is 13.9. The molecule has 5 aromatic carbocycles. The maximum Gasteiger partial charge on any atom is 0.0795 e. The molecule has 0 unspecified atom stereocenters. The molecule has 52 heavy (non-hydrogen) atoms. The fraction of sp³-hybridized carbons (Fsp3) is 0.0682. The minimum atomic E-state index is -1.23. The first kappa shape index (κ1) is 40.7. The summed E-state index contributed by atoms with van der Waals surface area (Å²) in [6, 6.07) is 60.1. The first-order chi connectivity index (χ1) is 23.9. The van der Waals surface area contributed by atoms with Crippen LogP contribution >= 0.6 is 0 Å². The van der Waals surface area contributed by atoms with Gasteiger partial charge in [0.05, 0.1) is 19.1 Å². The topological polar surface area (TPSA) is 43.6 Å². The van der Waals surface area contributed by atoms with Crippen LogP contribution in [0.1, 0.15) is 0 Å². The number of imidazole rings is 1. The van der Waals surface area contributed by atoms with Crippen LogP contribution in [-0.2, 0) is 52.8 Å². The van der Waals surface area contributed by atoms with Crippen molar-refractivity contribution in [2.45, 2.75) is 19.6 Å². The fourth-order valence-corrected chi connectivity index (χ4v) is 6.60. The third kappa shape index (κ3) is 9.46. The van der Waals surface area contributed by atoms with Crippen molar-refractivity contribution in [1.29, 1.82) is 0 Å². The second-order valence-corrected chi connectivity index (χ2v) is 17.7. The minimum Gasteiger partial charge on any atom is -0.374 e. The third-order valence-corrected chi connectivity index (χ3v) is 10.2. The van der Waals surface area contributed by atoms with Crippen LogP contribution in [-0.4, -0.2) is 36.0 Å². The van der Waals surface area contributed by atoms with Crippen molar-refractivity contribution in [2.75, 3.05) is 0 Å². The number of benzene rings is 5. The molecule has 8 rings (SSSR count). The number of hydrogen-bond acceptors (Lipinski definition) is 3. The molecule has 0 aliphatic carbocycles. The molecule has 0 amide bonds. The summed E-state index contributed by atoms with van der Waals surface area (Å²) in [7, 11) is -1.23. The van der Waals surface area contributed by atoms with Crippen LogP contribution in [0.3, 0.4) is 0 Å². The molecule has 8 heteroatoms. The molecular formula is C44H34BIrN4SiY-4. The molecule has 0 N–H and O–H groups in total. The third-order valence-electron chi connectivity index (χ3n) is 8.21. The van der Waals surface area contributed by atoms with Gasteiger partial charge in [-0.1, -0.05) is 73.7 Å². The largest absolute Gasteiger partial charge is 0.374 e. The Kier molecular flexibility index (Phi) is 14.5. The van der Waals surface area contributed by atoms with E-state index < -0.39 is 8.07 Å². The van der Waals surface area contributed by atoms with E-state index >= 15 is 0 Å². The van der Waals surface area contributed by atoms with E-state index in [9.17, 15) is 0 Å². The van der Waals surface area contributed by atoms with Crippen molar-refractivity contribution in [2.24, 2.45) is 0 Å². The average Bonchev–Trinajstić information content (AvgIpc) is 3.56. The van der Waals surface area contributed by atoms with Crippen LogP contribution in [0.5, 0.6) is 0 Å². The standard InChI is InChI=1S/C30H18N3.C14H16NSi.B.Ir.Y/c1-2-11-26(12-3-1)33-29-15-5-4-14-28(29)32-30(33)25-10-8-9-24(21-25)22-16-18-23(19-17-22)27-13-6-7-20-31-27;1-16(2,3)13-9-10-14(15-11-13)12-7-5-4-6-8-12;;;/h1-9,11-16,18-20H;4-7,9-11H,1-3H3;;;/q-3;-1;;;. The van der Waals surface area contributed by atoms with Gasteiger partial charge in [0, 0.05) is 85.0 Å². The normalized spacial score (nSPS) is 10.5. The van der Waals surface area contributed by atoms with Gasteiger partial charge in [0.15, 0.2) is 0 Å². The fourth-order valence-electron chi connectivity index (χ4n) is 5.57. The van der Waals surface area contributed by atoms with E-state index in [0.29, 0.717) is 0 Å². The molecule has 0 spiro atoms. The second kappa shape index (κ2) is 18.6. The Morgan fingerprint density at radius 1 is 0.615 bits per heavy atom. The van der Waals surface area contributed by atoms with Crippen LogP contribution in [0.25, 0.3) is 61.8 Å². The van der Waals surface area contributed by atoms with E-state index in [1.807, 2.05) is 103 Å². The van der Waals surface area contributed by atoms with Gasteiger partial charge < -0.3 is 20.6 Å². The van der Waals surface area contributed by atoms with Gasteiger partial charge in [-0.25, -0.2) is 6.07 Å². The number of para-hydroxylation sites is 3. The summed E-state index contributed by atoms with van der Waals surface area (Å²) in [5.41, 5.74) is 9.81. The van der Waals surface area contributed by atoms with Crippen molar-refractivity contribution in [3.63, 3.8) is 0 Å². The quantitative estimate of drug-likeness (QED) is 0.123. The maximum atomic E-state index is 4.93. The predicted octanol–water partition coefficient (Wildman–Crippen LogP) is 9.53. The Morgan fingerprint density at radius 2 is 1.38 bits per heavy atom. The molecule has 0 aliphatic rings. The zero-order chi connectivity index (χ0) is 33.6. The number of aromatic nitrogens is 4. The average molecular weight is 939 g/mol. The van der Waals surface area contributed by atoms with Gasteiger partial charge in [0.2, 0.25) is 0 Å². The molecule has 0 aliphatic heterocycles. The predicted molar refractivity (Wildman–Crippen MR) is 209 cm³/mol. The summed E-state index contributed by atoms with van der Waals surface area (Å²) in [5, 5.41) is 1.40. The van der Waals surface area contributed by atoms with E-state index in [4.69, 9.17) is 4.98 Å². The van der Waals surface area contributed by atoms with E-state index in [0.717, 1.165) is 61.8 Å². The second-order valence-electron chi connectivity index (χ2n) is 12.7. The molecule has 0 atom stereocenters. The number of nitrogens with zero attached hydrogens (tertiary/aromatic N) is 4. The molecule has 3 heterocycles. The van der Waals surface area contributed by atoms with Crippen molar-refractivity contribution in [3.05, 3.63) is 176 Å². The van der Waals surface area contributed by atoms with Gasteiger partial charge >= 0.3 is 0 Å². The minimum absolute atomic E-state index is 0. The van der Waals surface area contributed by atoms with E-state index in [2.05, 4.69) is 101 Å². The summed E-state index contributed by atoms with van der Waals surface area (Å²) >= 11 is 0.